The van der Waals surface area contributed by atoms with E-state index in [1.54, 1.807) is 19.2 Å². The van der Waals surface area contributed by atoms with Crippen LogP contribution in [0.4, 0.5) is 0 Å². The molecule has 0 saturated heterocycles. The highest BCUT2D eigenvalue weighted by Gasteiger charge is 2.06. The first-order valence-electron chi connectivity index (χ1n) is 7.10. The zero-order chi connectivity index (χ0) is 15.2. The summed E-state index contributed by atoms with van der Waals surface area (Å²) in [4.78, 5) is 26.4. The molecule has 21 heavy (non-hydrogen) atoms. The Hall–Kier alpha value is -2.30. The van der Waals surface area contributed by atoms with Crippen LogP contribution in [0.15, 0.2) is 29.1 Å². The van der Waals surface area contributed by atoms with E-state index >= 15 is 0 Å². The van der Waals surface area contributed by atoms with E-state index in [2.05, 4.69) is 10.3 Å². The first-order chi connectivity index (χ1) is 10.1. The number of methoxy groups -OCH3 is 1. The normalized spacial score (nSPS) is 10.6. The molecule has 5 nitrogen and oxygen atoms in total. The minimum atomic E-state index is -0.188. The zero-order valence-corrected chi connectivity index (χ0v) is 12.4. The van der Waals surface area contributed by atoms with Crippen LogP contribution < -0.4 is 15.6 Å². The van der Waals surface area contributed by atoms with Crippen molar-refractivity contribution in [1.82, 2.24) is 10.3 Å². The highest BCUT2D eigenvalue weighted by molar-refractivity contribution is 5.80. The summed E-state index contributed by atoms with van der Waals surface area (Å²) in [5.41, 5.74) is 1.09. The van der Waals surface area contributed by atoms with Crippen LogP contribution in [-0.2, 0) is 11.3 Å². The number of pyridine rings is 1. The standard InChI is InChI=1S/C16H20N2O3/c1-3-4-5-15(19)17-10-12-8-11-6-7-13(21-2)9-14(11)18-16(12)20/h6-9H,3-5,10H2,1-2H3,(H,17,19)(H,18,20). The Kier molecular flexibility index (Phi) is 4.98. The third kappa shape index (κ3) is 3.84. The predicted octanol–water partition coefficient (Wildman–Crippen LogP) is 2.34. The van der Waals surface area contributed by atoms with Crippen molar-refractivity contribution < 1.29 is 9.53 Å². The third-order valence-electron chi connectivity index (χ3n) is 3.36. The van der Waals surface area contributed by atoms with Crippen LogP contribution in [-0.4, -0.2) is 18.0 Å². The van der Waals surface area contributed by atoms with E-state index in [1.807, 2.05) is 19.1 Å². The lowest BCUT2D eigenvalue weighted by Crippen LogP contribution is -2.26. The summed E-state index contributed by atoms with van der Waals surface area (Å²) >= 11 is 0. The van der Waals surface area contributed by atoms with E-state index in [4.69, 9.17) is 4.74 Å². The van der Waals surface area contributed by atoms with Gasteiger partial charge in [-0.25, -0.2) is 0 Å². The molecule has 0 spiro atoms. The van der Waals surface area contributed by atoms with Crippen molar-refractivity contribution in [3.05, 3.63) is 40.2 Å². The van der Waals surface area contributed by atoms with E-state index in [0.29, 0.717) is 17.7 Å². The van der Waals surface area contributed by atoms with Crippen molar-refractivity contribution in [2.75, 3.05) is 7.11 Å². The van der Waals surface area contributed by atoms with Gasteiger partial charge >= 0.3 is 0 Å². The predicted molar refractivity (Wildman–Crippen MR) is 82.5 cm³/mol. The molecule has 0 unspecified atom stereocenters. The molecule has 2 rings (SSSR count). The van der Waals surface area contributed by atoms with Gasteiger partial charge in [0.15, 0.2) is 0 Å². The van der Waals surface area contributed by atoms with Crippen molar-refractivity contribution >= 4 is 16.8 Å². The van der Waals surface area contributed by atoms with Gasteiger partial charge in [-0.15, -0.1) is 0 Å². The quantitative estimate of drug-likeness (QED) is 0.857. The number of hydrogen-bond acceptors (Lipinski definition) is 3. The van der Waals surface area contributed by atoms with E-state index in [-0.39, 0.29) is 18.0 Å². The molecule has 112 valence electrons. The van der Waals surface area contributed by atoms with Gasteiger partial charge in [0.2, 0.25) is 5.91 Å². The lowest BCUT2D eigenvalue weighted by molar-refractivity contribution is -0.121. The molecule has 1 aromatic heterocycles. The monoisotopic (exact) mass is 288 g/mol. The first-order valence-corrected chi connectivity index (χ1v) is 7.10. The first kappa shape index (κ1) is 15.1. The number of carbonyl (C=O) groups is 1. The van der Waals surface area contributed by atoms with Gasteiger partial charge in [0.05, 0.1) is 12.6 Å². The van der Waals surface area contributed by atoms with E-state index < -0.39 is 0 Å². The van der Waals surface area contributed by atoms with Gasteiger partial charge in [-0.3, -0.25) is 9.59 Å². The van der Waals surface area contributed by atoms with Gasteiger partial charge in [-0.1, -0.05) is 13.3 Å². The molecule has 2 aromatic rings. The van der Waals surface area contributed by atoms with Crippen molar-refractivity contribution in [3.63, 3.8) is 0 Å². The number of ether oxygens (including phenoxy) is 1. The van der Waals surface area contributed by atoms with Crippen molar-refractivity contribution in [2.45, 2.75) is 32.7 Å². The fourth-order valence-corrected chi connectivity index (χ4v) is 2.10. The zero-order valence-electron chi connectivity index (χ0n) is 12.4. The highest BCUT2D eigenvalue weighted by Crippen LogP contribution is 2.18. The van der Waals surface area contributed by atoms with Gasteiger partial charge in [-0.05, 0) is 30.0 Å². The lowest BCUT2D eigenvalue weighted by atomic mass is 10.1. The number of hydrogen-bond donors (Lipinski definition) is 2. The summed E-state index contributed by atoms with van der Waals surface area (Å²) in [6.45, 7) is 2.29. The van der Waals surface area contributed by atoms with Crippen LogP contribution in [0.2, 0.25) is 0 Å². The van der Waals surface area contributed by atoms with Crippen molar-refractivity contribution in [1.29, 1.82) is 0 Å². The maximum absolute atomic E-state index is 12.0. The Balaban J connectivity index is 2.15. The van der Waals surface area contributed by atoms with Crippen LogP contribution >= 0.6 is 0 Å². The number of fused-ring (bicyclic) bond motifs is 1. The second-order valence-electron chi connectivity index (χ2n) is 4.96. The molecule has 0 aliphatic rings. The molecule has 0 aliphatic heterocycles. The molecule has 0 bridgehead atoms. The maximum Gasteiger partial charge on any atom is 0.253 e. The average Bonchev–Trinajstić information content (AvgIpc) is 2.50. The fourth-order valence-electron chi connectivity index (χ4n) is 2.10. The van der Waals surface area contributed by atoms with Gasteiger partial charge in [0.25, 0.3) is 5.56 Å². The molecular weight excluding hydrogens is 268 g/mol. The SMILES string of the molecule is CCCCC(=O)NCc1cc2ccc(OC)cc2[nH]c1=O. The highest BCUT2D eigenvalue weighted by atomic mass is 16.5. The molecule has 0 saturated carbocycles. The van der Waals surface area contributed by atoms with Gasteiger partial charge in [-0.2, -0.15) is 0 Å². The molecule has 0 radical (unpaired) electrons. The van der Waals surface area contributed by atoms with Crippen LogP contribution in [0.3, 0.4) is 0 Å². The van der Waals surface area contributed by atoms with Gasteiger partial charge in [0.1, 0.15) is 5.75 Å². The number of unbranched alkanes of at least 4 members (excludes halogenated alkanes) is 1. The van der Waals surface area contributed by atoms with Crippen LogP contribution in [0.1, 0.15) is 31.7 Å². The number of H-pyrrole nitrogens is 1. The van der Waals surface area contributed by atoms with Gasteiger partial charge in [0, 0.05) is 24.6 Å². The summed E-state index contributed by atoms with van der Waals surface area (Å²) < 4.78 is 5.13. The number of aromatic amines is 1. The number of rotatable bonds is 6. The minimum Gasteiger partial charge on any atom is -0.497 e. The van der Waals surface area contributed by atoms with E-state index in [9.17, 15) is 9.59 Å². The largest absolute Gasteiger partial charge is 0.497 e. The average molecular weight is 288 g/mol. The van der Waals surface area contributed by atoms with Crippen molar-refractivity contribution in [3.8, 4) is 5.75 Å². The van der Waals surface area contributed by atoms with Crippen LogP contribution in [0, 0.1) is 0 Å². The molecular formula is C16H20N2O3. The second kappa shape index (κ2) is 6.92. The molecule has 0 atom stereocenters. The summed E-state index contributed by atoms with van der Waals surface area (Å²) in [6, 6.07) is 7.30. The van der Waals surface area contributed by atoms with Crippen LogP contribution in [0.5, 0.6) is 5.75 Å². The van der Waals surface area contributed by atoms with Crippen molar-refractivity contribution in [2.24, 2.45) is 0 Å². The molecule has 1 aromatic carbocycles. The summed E-state index contributed by atoms with van der Waals surface area (Å²) in [5, 5.41) is 3.69. The Morgan fingerprint density at radius 2 is 2.14 bits per heavy atom. The number of carbonyl (C=O) groups excluding carboxylic acids is 1. The molecule has 0 aliphatic carbocycles. The Bertz CT molecular complexity index is 691. The summed E-state index contributed by atoms with van der Waals surface area (Å²) in [6.07, 6.45) is 2.34. The molecule has 2 N–H and O–H groups in total. The van der Waals surface area contributed by atoms with Crippen LogP contribution in [0.25, 0.3) is 10.9 Å². The number of nitrogens with one attached hydrogen (secondary N) is 2. The minimum absolute atomic E-state index is 0.0222. The third-order valence-corrected chi connectivity index (χ3v) is 3.36. The molecule has 1 heterocycles. The number of benzene rings is 1. The molecule has 0 fully saturated rings. The molecule has 1 amide bonds. The number of aromatic nitrogens is 1. The molecule has 5 heteroatoms. The lowest BCUT2D eigenvalue weighted by Gasteiger charge is -2.07. The fraction of sp³-hybridized carbons (Fsp3) is 0.375. The summed E-state index contributed by atoms with van der Waals surface area (Å²) in [5.74, 6) is 0.671. The topological polar surface area (TPSA) is 71.2 Å². The summed E-state index contributed by atoms with van der Waals surface area (Å²) in [7, 11) is 1.58. The Morgan fingerprint density at radius 1 is 1.33 bits per heavy atom. The van der Waals surface area contributed by atoms with E-state index in [1.165, 1.54) is 0 Å². The number of amides is 1. The second-order valence-corrected chi connectivity index (χ2v) is 4.96. The maximum atomic E-state index is 12.0. The van der Waals surface area contributed by atoms with Gasteiger partial charge < -0.3 is 15.0 Å². The Labute approximate surface area is 123 Å². The Morgan fingerprint density at radius 3 is 2.86 bits per heavy atom. The smallest absolute Gasteiger partial charge is 0.253 e. The van der Waals surface area contributed by atoms with E-state index in [0.717, 1.165) is 23.7 Å².